The molecule has 0 saturated heterocycles. The van der Waals surface area contributed by atoms with Crippen molar-refractivity contribution in [2.75, 3.05) is 13.2 Å². The van der Waals surface area contributed by atoms with E-state index in [0.29, 0.717) is 5.92 Å². The number of hydrogen-bond acceptors (Lipinski definition) is 3. The molecular formula is C15H23NO2. The molecule has 2 N–H and O–H groups in total. The van der Waals surface area contributed by atoms with Crippen LogP contribution >= 0.6 is 0 Å². The summed E-state index contributed by atoms with van der Waals surface area (Å²) in [6, 6.07) is 4.40. The lowest BCUT2D eigenvalue weighted by Gasteiger charge is -2.18. The Morgan fingerprint density at radius 2 is 1.72 bits per heavy atom. The maximum absolute atomic E-state index is 5.93. The second kappa shape index (κ2) is 5.61. The van der Waals surface area contributed by atoms with Gasteiger partial charge in [0.15, 0.2) is 11.5 Å². The number of ether oxygens (including phenoxy) is 2. The standard InChI is InChI=1S/C15H23NO2/c1-10(2)13-9-15-14(17-5-4-6-18-15)8-12(13)7-11(3)16/h8-11H,4-7,16H2,1-3H3. The van der Waals surface area contributed by atoms with Gasteiger partial charge in [0.25, 0.3) is 0 Å². The average molecular weight is 249 g/mol. The van der Waals surface area contributed by atoms with Crippen LogP contribution in [0.25, 0.3) is 0 Å². The van der Waals surface area contributed by atoms with Gasteiger partial charge in [-0.2, -0.15) is 0 Å². The Balaban J connectivity index is 2.40. The summed E-state index contributed by atoms with van der Waals surface area (Å²) in [7, 11) is 0. The van der Waals surface area contributed by atoms with Gasteiger partial charge in [-0.25, -0.2) is 0 Å². The van der Waals surface area contributed by atoms with Crippen molar-refractivity contribution in [1.29, 1.82) is 0 Å². The lowest BCUT2D eigenvalue weighted by molar-refractivity contribution is 0.297. The van der Waals surface area contributed by atoms with Gasteiger partial charge in [-0.15, -0.1) is 0 Å². The van der Waals surface area contributed by atoms with Gasteiger partial charge >= 0.3 is 0 Å². The molecule has 0 radical (unpaired) electrons. The van der Waals surface area contributed by atoms with Crippen LogP contribution in [0.3, 0.4) is 0 Å². The maximum Gasteiger partial charge on any atom is 0.161 e. The average Bonchev–Trinajstić information content (AvgIpc) is 2.51. The predicted octanol–water partition coefficient (Wildman–Crippen LogP) is 2.86. The van der Waals surface area contributed by atoms with Crippen molar-refractivity contribution in [3.8, 4) is 11.5 Å². The zero-order chi connectivity index (χ0) is 13.1. The molecule has 18 heavy (non-hydrogen) atoms. The highest BCUT2D eigenvalue weighted by molar-refractivity contribution is 5.49. The molecule has 0 aromatic heterocycles. The first-order valence-electron chi connectivity index (χ1n) is 6.76. The molecule has 1 aromatic carbocycles. The Morgan fingerprint density at radius 1 is 1.11 bits per heavy atom. The Kier molecular flexibility index (Phi) is 4.12. The highest BCUT2D eigenvalue weighted by atomic mass is 16.5. The van der Waals surface area contributed by atoms with E-state index >= 15 is 0 Å². The minimum Gasteiger partial charge on any atom is -0.490 e. The minimum atomic E-state index is 0.159. The molecule has 3 heteroatoms. The number of hydrogen-bond donors (Lipinski definition) is 1. The van der Waals surface area contributed by atoms with Crippen molar-refractivity contribution < 1.29 is 9.47 Å². The van der Waals surface area contributed by atoms with Crippen molar-refractivity contribution in [3.63, 3.8) is 0 Å². The molecule has 0 aliphatic carbocycles. The summed E-state index contributed by atoms with van der Waals surface area (Å²) < 4.78 is 11.5. The number of fused-ring (bicyclic) bond motifs is 1. The first-order chi connectivity index (χ1) is 8.58. The lowest BCUT2D eigenvalue weighted by atomic mass is 9.93. The van der Waals surface area contributed by atoms with Crippen molar-refractivity contribution >= 4 is 0 Å². The predicted molar refractivity (Wildman–Crippen MR) is 73.5 cm³/mol. The van der Waals surface area contributed by atoms with Crippen LogP contribution in [-0.2, 0) is 6.42 Å². The van der Waals surface area contributed by atoms with Crippen LogP contribution in [0.15, 0.2) is 12.1 Å². The van der Waals surface area contributed by atoms with E-state index in [1.54, 1.807) is 0 Å². The largest absolute Gasteiger partial charge is 0.490 e. The van der Waals surface area contributed by atoms with E-state index in [4.69, 9.17) is 15.2 Å². The number of nitrogens with two attached hydrogens (primary N) is 1. The topological polar surface area (TPSA) is 44.5 Å². The molecule has 1 unspecified atom stereocenters. The third kappa shape index (κ3) is 2.96. The van der Waals surface area contributed by atoms with E-state index in [0.717, 1.165) is 37.6 Å². The lowest BCUT2D eigenvalue weighted by Crippen LogP contribution is -2.19. The monoisotopic (exact) mass is 249 g/mol. The Bertz CT molecular complexity index is 413. The van der Waals surface area contributed by atoms with Gasteiger partial charge in [-0.1, -0.05) is 13.8 Å². The van der Waals surface area contributed by atoms with Gasteiger partial charge in [0.05, 0.1) is 13.2 Å². The molecule has 1 aliphatic rings. The second-order valence-electron chi connectivity index (χ2n) is 5.38. The SMILES string of the molecule is CC(N)Cc1cc2c(cc1C(C)C)OCCCO2. The summed E-state index contributed by atoms with van der Waals surface area (Å²) in [6.45, 7) is 7.89. The molecule has 0 spiro atoms. The van der Waals surface area contributed by atoms with Crippen LogP contribution in [0, 0.1) is 0 Å². The highest BCUT2D eigenvalue weighted by Crippen LogP contribution is 2.35. The summed E-state index contributed by atoms with van der Waals surface area (Å²) >= 11 is 0. The summed E-state index contributed by atoms with van der Waals surface area (Å²) in [4.78, 5) is 0. The smallest absolute Gasteiger partial charge is 0.161 e. The van der Waals surface area contributed by atoms with Crippen LogP contribution < -0.4 is 15.2 Å². The fourth-order valence-electron chi connectivity index (χ4n) is 2.33. The summed E-state index contributed by atoms with van der Waals surface area (Å²) in [6.07, 6.45) is 1.82. The van der Waals surface area contributed by atoms with Crippen LogP contribution in [0.4, 0.5) is 0 Å². The van der Waals surface area contributed by atoms with Gasteiger partial charge in [0.1, 0.15) is 0 Å². The fourth-order valence-corrected chi connectivity index (χ4v) is 2.33. The quantitative estimate of drug-likeness (QED) is 0.896. The minimum absolute atomic E-state index is 0.159. The van der Waals surface area contributed by atoms with Gasteiger partial charge in [0, 0.05) is 12.5 Å². The molecule has 3 nitrogen and oxygen atoms in total. The zero-order valence-electron chi connectivity index (χ0n) is 11.5. The summed E-state index contributed by atoms with van der Waals surface area (Å²) in [5.41, 5.74) is 8.53. The molecule has 0 amide bonds. The van der Waals surface area contributed by atoms with Crippen molar-refractivity contribution in [2.24, 2.45) is 5.73 Å². The second-order valence-corrected chi connectivity index (χ2v) is 5.38. The molecule has 1 aromatic rings. The van der Waals surface area contributed by atoms with Gasteiger partial charge in [-0.3, -0.25) is 0 Å². The van der Waals surface area contributed by atoms with Crippen LogP contribution in [0.5, 0.6) is 11.5 Å². The Morgan fingerprint density at radius 3 is 2.28 bits per heavy atom. The zero-order valence-corrected chi connectivity index (χ0v) is 11.5. The third-order valence-electron chi connectivity index (χ3n) is 3.17. The number of benzene rings is 1. The molecule has 100 valence electrons. The van der Waals surface area contributed by atoms with Crippen molar-refractivity contribution in [1.82, 2.24) is 0 Å². The van der Waals surface area contributed by atoms with Gasteiger partial charge in [0.2, 0.25) is 0 Å². The molecule has 2 rings (SSSR count). The molecule has 0 bridgehead atoms. The van der Waals surface area contributed by atoms with E-state index in [1.807, 2.05) is 6.92 Å². The van der Waals surface area contributed by atoms with E-state index in [2.05, 4.69) is 26.0 Å². The van der Waals surface area contributed by atoms with E-state index < -0.39 is 0 Å². The van der Waals surface area contributed by atoms with E-state index in [-0.39, 0.29) is 6.04 Å². The van der Waals surface area contributed by atoms with E-state index in [1.165, 1.54) is 11.1 Å². The first-order valence-corrected chi connectivity index (χ1v) is 6.76. The van der Waals surface area contributed by atoms with Gasteiger partial charge in [-0.05, 0) is 42.5 Å². The molecular weight excluding hydrogens is 226 g/mol. The molecule has 1 heterocycles. The van der Waals surface area contributed by atoms with Crippen LogP contribution in [0.1, 0.15) is 44.2 Å². The molecule has 0 saturated carbocycles. The van der Waals surface area contributed by atoms with Gasteiger partial charge < -0.3 is 15.2 Å². The normalized spacial score (nSPS) is 16.5. The maximum atomic E-state index is 5.93. The van der Waals surface area contributed by atoms with Crippen LogP contribution in [0.2, 0.25) is 0 Å². The van der Waals surface area contributed by atoms with Crippen molar-refractivity contribution in [2.45, 2.75) is 45.6 Å². The molecule has 0 fully saturated rings. The van der Waals surface area contributed by atoms with Crippen molar-refractivity contribution in [3.05, 3.63) is 23.3 Å². The summed E-state index contributed by atoms with van der Waals surface area (Å²) in [5.74, 6) is 2.22. The highest BCUT2D eigenvalue weighted by Gasteiger charge is 2.17. The summed E-state index contributed by atoms with van der Waals surface area (Å²) in [5, 5.41) is 0. The van der Waals surface area contributed by atoms with Crippen LogP contribution in [-0.4, -0.2) is 19.3 Å². The number of rotatable bonds is 3. The van der Waals surface area contributed by atoms with E-state index in [9.17, 15) is 0 Å². The molecule has 1 aliphatic heterocycles. The third-order valence-corrected chi connectivity index (χ3v) is 3.17. The molecule has 1 atom stereocenters. The fraction of sp³-hybridized carbons (Fsp3) is 0.600. The Hall–Kier alpha value is -1.22. The Labute approximate surface area is 109 Å². The first kappa shape index (κ1) is 13.2.